The number of oxazole rings is 1. The van der Waals surface area contributed by atoms with Gasteiger partial charge >= 0.3 is 0 Å². The maximum Gasteiger partial charge on any atom is 0.227 e. The maximum atomic E-state index is 6.78. The first-order valence-corrected chi connectivity index (χ1v) is 19.3. The summed E-state index contributed by atoms with van der Waals surface area (Å²) in [5, 5.41) is 4.61. The van der Waals surface area contributed by atoms with Crippen LogP contribution in [0.15, 0.2) is 180 Å². The first-order valence-electron chi connectivity index (χ1n) is 19.3. The number of benzene rings is 8. The fraction of sp³-hybridized carbons (Fsp3) is 0.0577. The lowest BCUT2D eigenvalue weighted by Gasteiger charge is -2.30. The highest BCUT2D eigenvalue weighted by molar-refractivity contribution is 6.30. The lowest BCUT2D eigenvalue weighted by Crippen LogP contribution is -2.16. The van der Waals surface area contributed by atoms with Gasteiger partial charge in [-0.25, -0.2) is 4.98 Å². The van der Waals surface area contributed by atoms with E-state index in [0.717, 1.165) is 55.5 Å². The second-order valence-corrected chi connectivity index (χ2v) is 15.6. The molecule has 3 aromatic heterocycles. The lowest BCUT2D eigenvalue weighted by molar-refractivity contribution is 0.623. The summed E-state index contributed by atoms with van der Waals surface area (Å²) in [6.45, 7) is 4.70. The average molecular weight is 718 g/mol. The van der Waals surface area contributed by atoms with E-state index in [1.165, 1.54) is 49.7 Å². The van der Waals surface area contributed by atoms with Crippen LogP contribution in [0.25, 0.3) is 82.9 Å². The van der Waals surface area contributed by atoms with E-state index in [1.54, 1.807) is 0 Å². The minimum absolute atomic E-state index is 0.140. The number of fused-ring (bicyclic) bond motifs is 11. The van der Waals surface area contributed by atoms with E-state index in [2.05, 4.69) is 181 Å². The highest BCUT2D eigenvalue weighted by atomic mass is 16.3. The second kappa shape index (κ2) is 11.4. The molecule has 0 radical (unpaired) electrons. The van der Waals surface area contributed by atoms with E-state index in [9.17, 15) is 0 Å². The molecule has 0 amide bonds. The Labute approximate surface area is 323 Å². The Morgan fingerprint density at radius 1 is 0.518 bits per heavy atom. The summed E-state index contributed by atoms with van der Waals surface area (Å²) in [7, 11) is 0. The van der Waals surface area contributed by atoms with Crippen LogP contribution in [-0.2, 0) is 5.41 Å². The molecule has 3 heterocycles. The first-order chi connectivity index (χ1) is 27.5. The van der Waals surface area contributed by atoms with E-state index in [1.807, 2.05) is 18.2 Å². The second-order valence-electron chi connectivity index (χ2n) is 15.6. The van der Waals surface area contributed by atoms with Crippen molar-refractivity contribution < 1.29 is 4.42 Å². The van der Waals surface area contributed by atoms with E-state index >= 15 is 0 Å². The lowest BCUT2D eigenvalue weighted by atomic mass is 9.82. The van der Waals surface area contributed by atoms with Gasteiger partial charge in [0.05, 0.1) is 27.6 Å². The van der Waals surface area contributed by atoms with Crippen LogP contribution in [0.1, 0.15) is 25.0 Å². The van der Waals surface area contributed by atoms with Gasteiger partial charge in [0.2, 0.25) is 5.89 Å². The highest BCUT2D eigenvalue weighted by Crippen LogP contribution is 2.52. The molecule has 0 fully saturated rings. The summed E-state index contributed by atoms with van der Waals surface area (Å²) in [6.07, 6.45) is 0. The van der Waals surface area contributed by atoms with Gasteiger partial charge in [-0.2, -0.15) is 0 Å². The van der Waals surface area contributed by atoms with Crippen molar-refractivity contribution in [3.8, 4) is 33.7 Å². The normalized spacial score (nSPS) is 13.3. The van der Waals surface area contributed by atoms with Crippen molar-refractivity contribution in [1.82, 2.24) is 9.38 Å². The Morgan fingerprint density at radius 2 is 1.16 bits per heavy atom. The highest BCUT2D eigenvalue weighted by Gasteiger charge is 2.36. The molecule has 4 heteroatoms. The predicted molar refractivity (Wildman–Crippen MR) is 232 cm³/mol. The molecule has 0 aliphatic heterocycles. The van der Waals surface area contributed by atoms with E-state index in [0.29, 0.717) is 5.89 Å². The Kier molecular flexibility index (Phi) is 6.37. The molecule has 8 aromatic carbocycles. The Hall–Kier alpha value is -7.17. The van der Waals surface area contributed by atoms with Crippen molar-refractivity contribution in [2.24, 2.45) is 0 Å². The summed E-state index contributed by atoms with van der Waals surface area (Å²) >= 11 is 0. The van der Waals surface area contributed by atoms with Crippen LogP contribution in [0.4, 0.5) is 17.1 Å². The molecular weight excluding hydrogens is 683 g/mol. The average Bonchev–Trinajstić information content (AvgIpc) is 3.98. The number of hydrogen-bond acceptors (Lipinski definition) is 3. The van der Waals surface area contributed by atoms with Gasteiger partial charge in [-0.15, -0.1) is 0 Å². The number of anilines is 3. The molecule has 0 atom stereocenters. The van der Waals surface area contributed by atoms with Crippen LogP contribution < -0.4 is 4.90 Å². The predicted octanol–water partition coefficient (Wildman–Crippen LogP) is 14.1. The van der Waals surface area contributed by atoms with Crippen LogP contribution in [0.2, 0.25) is 0 Å². The Morgan fingerprint density at radius 3 is 2.00 bits per heavy atom. The molecule has 0 unspecified atom stereocenters. The molecule has 0 saturated heterocycles. The van der Waals surface area contributed by atoms with Crippen molar-refractivity contribution in [3.63, 3.8) is 0 Å². The third kappa shape index (κ3) is 4.27. The van der Waals surface area contributed by atoms with Crippen molar-refractivity contribution in [1.29, 1.82) is 0 Å². The minimum Gasteiger partial charge on any atom is -0.435 e. The molecule has 0 spiro atoms. The first kappa shape index (κ1) is 31.2. The standard InChI is InChI=1S/C52H35N3O/c1-52(2)42-22-12-9-20-37(42)38-27-25-35(30-43(38)52)54(45-23-13-10-19-36(45)32-15-5-3-6-16-32)34-26-28-47-41(29-34)48-49-40(39-21-11-14-24-46(39)55(47)49)31-44-50(48)56-51(53-44)33-17-7-4-8-18-33/h3-31H,1-2H3. The van der Waals surface area contributed by atoms with Gasteiger partial charge in [-0.3, -0.25) is 0 Å². The summed E-state index contributed by atoms with van der Waals surface area (Å²) in [5.74, 6) is 0.630. The molecule has 0 N–H and O–H groups in total. The summed E-state index contributed by atoms with van der Waals surface area (Å²) < 4.78 is 9.20. The monoisotopic (exact) mass is 717 g/mol. The van der Waals surface area contributed by atoms with Crippen molar-refractivity contribution in [2.45, 2.75) is 19.3 Å². The molecule has 264 valence electrons. The zero-order valence-corrected chi connectivity index (χ0v) is 31.0. The molecular formula is C52H35N3O. The minimum atomic E-state index is -0.140. The fourth-order valence-electron chi connectivity index (χ4n) is 9.56. The van der Waals surface area contributed by atoms with Crippen molar-refractivity contribution in [2.75, 3.05) is 4.90 Å². The zero-order chi connectivity index (χ0) is 37.1. The largest absolute Gasteiger partial charge is 0.435 e. The summed E-state index contributed by atoms with van der Waals surface area (Å²) in [6, 6.07) is 63.4. The van der Waals surface area contributed by atoms with Gasteiger partial charge in [0.25, 0.3) is 0 Å². The van der Waals surface area contributed by atoms with E-state index < -0.39 is 0 Å². The van der Waals surface area contributed by atoms with Gasteiger partial charge in [0.1, 0.15) is 5.52 Å². The molecule has 4 nitrogen and oxygen atoms in total. The van der Waals surface area contributed by atoms with Crippen LogP contribution in [0.5, 0.6) is 0 Å². The van der Waals surface area contributed by atoms with Crippen molar-refractivity contribution in [3.05, 3.63) is 187 Å². The maximum absolute atomic E-state index is 6.78. The molecule has 11 aromatic rings. The Bertz CT molecular complexity index is 3340. The van der Waals surface area contributed by atoms with Crippen molar-refractivity contribution >= 4 is 66.3 Å². The van der Waals surface area contributed by atoms with Gasteiger partial charge < -0.3 is 13.7 Å². The number of aromatic nitrogens is 2. The number of hydrogen-bond donors (Lipinski definition) is 0. The summed E-state index contributed by atoms with van der Waals surface area (Å²) in [4.78, 5) is 7.54. The quantitative estimate of drug-likeness (QED) is 0.178. The van der Waals surface area contributed by atoms with Gasteiger partial charge in [0.15, 0.2) is 5.58 Å². The van der Waals surface area contributed by atoms with Crippen LogP contribution in [-0.4, -0.2) is 9.38 Å². The van der Waals surface area contributed by atoms with Crippen LogP contribution >= 0.6 is 0 Å². The van der Waals surface area contributed by atoms with Crippen LogP contribution in [0, 0.1) is 0 Å². The number of para-hydroxylation sites is 2. The summed E-state index contributed by atoms with van der Waals surface area (Å²) in [5.41, 5.74) is 17.0. The Balaban J connectivity index is 1.16. The number of nitrogens with zero attached hydrogens (tertiary/aromatic N) is 3. The van der Waals surface area contributed by atoms with Gasteiger partial charge in [-0.05, 0) is 88.5 Å². The third-order valence-corrected chi connectivity index (χ3v) is 12.1. The number of rotatable bonds is 5. The molecule has 12 rings (SSSR count). The van der Waals surface area contributed by atoms with E-state index in [-0.39, 0.29) is 5.41 Å². The van der Waals surface area contributed by atoms with Gasteiger partial charge in [0, 0.05) is 44.1 Å². The fourth-order valence-corrected chi connectivity index (χ4v) is 9.56. The molecule has 1 aliphatic rings. The molecule has 56 heavy (non-hydrogen) atoms. The van der Waals surface area contributed by atoms with Crippen LogP contribution in [0.3, 0.4) is 0 Å². The third-order valence-electron chi connectivity index (χ3n) is 12.1. The SMILES string of the molecule is CC1(C)c2ccccc2-c2ccc(N(c3ccc4c(c3)c3c5oc(-c6ccccc6)nc5cc5c6ccccc6n4c53)c3ccccc3-c3ccccc3)cc21. The zero-order valence-electron chi connectivity index (χ0n) is 31.0. The topological polar surface area (TPSA) is 33.7 Å². The molecule has 0 saturated carbocycles. The van der Waals surface area contributed by atoms with Gasteiger partial charge in [-0.1, -0.05) is 129 Å². The molecule has 0 bridgehead atoms. The smallest absolute Gasteiger partial charge is 0.227 e. The van der Waals surface area contributed by atoms with E-state index in [4.69, 9.17) is 9.40 Å². The molecule has 1 aliphatic carbocycles.